The van der Waals surface area contributed by atoms with E-state index in [-0.39, 0.29) is 0 Å². The largest absolute Gasteiger partial charge is 0.307 e. The first kappa shape index (κ1) is 15.5. The third kappa shape index (κ3) is 5.67. The molecule has 78 valence electrons. The molecule has 0 atom stereocenters. The molecule has 0 saturated heterocycles. The van der Waals surface area contributed by atoms with Crippen molar-refractivity contribution in [3.05, 3.63) is 27.4 Å². The quantitative estimate of drug-likeness (QED) is 0.743. The normalized spacial score (nSPS) is 9.21. The van der Waals surface area contributed by atoms with E-state index in [9.17, 15) is 0 Å². The van der Waals surface area contributed by atoms with E-state index in [2.05, 4.69) is 13.0 Å². The van der Waals surface area contributed by atoms with Gasteiger partial charge in [0.05, 0.1) is 4.34 Å². The fourth-order valence-corrected chi connectivity index (χ4v) is 1.74. The monoisotopic (exact) mass is 232 g/mol. The van der Waals surface area contributed by atoms with Gasteiger partial charge in [-0.15, -0.1) is 11.3 Å². The topological polar surface area (TPSA) is 34.1 Å². The lowest BCUT2D eigenvalue weighted by Crippen LogP contribution is -1.66. The SMILES string of the molecule is C/C=C(\C)c1ccc(Cl)s1.C=O.C=O. The molecule has 0 aliphatic carbocycles. The number of hydrogen-bond donors (Lipinski definition) is 0. The standard InChI is InChI=1S/C8H9ClS.2CH2O/c1-3-6(2)7-4-5-8(9)10-7;2*1-2/h3-5H,1-2H3;2*1H2/b6-3+;;. The van der Waals surface area contributed by atoms with Crippen LogP contribution in [-0.2, 0) is 9.59 Å². The Hall–Kier alpha value is -0.930. The molecule has 0 fully saturated rings. The van der Waals surface area contributed by atoms with Gasteiger partial charge in [-0.1, -0.05) is 17.7 Å². The summed E-state index contributed by atoms with van der Waals surface area (Å²) in [7, 11) is 0. The lowest BCUT2D eigenvalue weighted by Gasteiger charge is -1.90. The Labute approximate surface area is 93.2 Å². The van der Waals surface area contributed by atoms with Crippen LogP contribution in [0.15, 0.2) is 18.2 Å². The Morgan fingerprint density at radius 3 is 2.14 bits per heavy atom. The number of thiophene rings is 1. The zero-order chi connectivity index (χ0) is 11.6. The molecule has 1 aromatic rings. The summed E-state index contributed by atoms with van der Waals surface area (Å²) in [6, 6.07) is 3.97. The zero-order valence-electron chi connectivity index (χ0n) is 8.25. The van der Waals surface area contributed by atoms with Crippen LogP contribution in [-0.4, -0.2) is 13.6 Å². The maximum atomic E-state index is 8.00. The average Bonchev–Trinajstić information content (AvgIpc) is 2.69. The van der Waals surface area contributed by atoms with Crippen LogP contribution in [0.3, 0.4) is 0 Å². The fraction of sp³-hybridized carbons (Fsp3) is 0.200. The molecule has 2 nitrogen and oxygen atoms in total. The van der Waals surface area contributed by atoms with Crippen molar-refractivity contribution in [3.8, 4) is 0 Å². The molecule has 1 rings (SSSR count). The molecule has 0 spiro atoms. The molecule has 0 saturated carbocycles. The van der Waals surface area contributed by atoms with Crippen LogP contribution in [0, 0.1) is 0 Å². The van der Waals surface area contributed by atoms with Crippen LogP contribution >= 0.6 is 22.9 Å². The second kappa shape index (κ2) is 10.2. The van der Waals surface area contributed by atoms with Gasteiger partial charge in [-0.25, -0.2) is 0 Å². The van der Waals surface area contributed by atoms with Crippen LogP contribution in [0.1, 0.15) is 18.7 Å². The van der Waals surface area contributed by atoms with Crippen molar-refractivity contribution < 1.29 is 9.59 Å². The molecular formula is C10H13ClO2S. The van der Waals surface area contributed by atoms with E-state index in [1.807, 2.05) is 32.6 Å². The van der Waals surface area contributed by atoms with Crippen LogP contribution in [0.5, 0.6) is 0 Å². The molecule has 0 unspecified atom stereocenters. The molecule has 0 aliphatic rings. The molecule has 0 aliphatic heterocycles. The van der Waals surface area contributed by atoms with Crippen molar-refractivity contribution in [3.63, 3.8) is 0 Å². The van der Waals surface area contributed by atoms with E-state index >= 15 is 0 Å². The molecule has 14 heavy (non-hydrogen) atoms. The summed E-state index contributed by atoms with van der Waals surface area (Å²) >= 11 is 7.37. The maximum Gasteiger partial charge on any atom is 0.106 e. The Bertz CT molecular complexity index is 279. The van der Waals surface area contributed by atoms with Crippen molar-refractivity contribution in [2.24, 2.45) is 0 Å². The molecule has 4 heteroatoms. The van der Waals surface area contributed by atoms with E-state index in [1.54, 1.807) is 11.3 Å². The third-order valence-corrected chi connectivity index (χ3v) is 2.76. The second-order valence-corrected chi connectivity index (χ2v) is 3.79. The third-order valence-electron chi connectivity index (χ3n) is 1.39. The van der Waals surface area contributed by atoms with Crippen molar-refractivity contribution in [2.75, 3.05) is 0 Å². The Balaban J connectivity index is 0. The molecule has 0 bridgehead atoms. The van der Waals surface area contributed by atoms with E-state index in [0.717, 1.165) is 4.34 Å². The summed E-state index contributed by atoms with van der Waals surface area (Å²) in [5, 5.41) is 0. The van der Waals surface area contributed by atoms with Crippen molar-refractivity contribution in [1.29, 1.82) is 0 Å². The van der Waals surface area contributed by atoms with Crippen molar-refractivity contribution >= 4 is 42.1 Å². The van der Waals surface area contributed by atoms with Gasteiger partial charge in [0.15, 0.2) is 0 Å². The number of carbonyl (C=O) groups excluding carboxylic acids is 2. The summed E-state index contributed by atoms with van der Waals surface area (Å²) in [6.07, 6.45) is 2.09. The first-order valence-electron chi connectivity index (χ1n) is 3.70. The first-order chi connectivity index (χ1) is 6.74. The predicted molar refractivity (Wildman–Crippen MR) is 62.9 cm³/mol. The number of halogens is 1. The molecular weight excluding hydrogens is 220 g/mol. The molecule has 1 aromatic heterocycles. The molecule has 0 N–H and O–H groups in total. The Morgan fingerprint density at radius 1 is 1.36 bits per heavy atom. The van der Waals surface area contributed by atoms with E-state index in [0.29, 0.717) is 0 Å². The minimum atomic E-state index is 0.858. The smallest absolute Gasteiger partial charge is 0.106 e. The number of rotatable bonds is 1. The minimum absolute atomic E-state index is 0.858. The summed E-state index contributed by atoms with van der Waals surface area (Å²) < 4.78 is 0.858. The zero-order valence-corrected chi connectivity index (χ0v) is 9.82. The van der Waals surface area contributed by atoms with E-state index in [4.69, 9.17) is 21.2 Å². The van der Waals surface area contributed by atoms with Crippen LogP contribution in [0.2, 0.25) is 4.34 Å². The van der Waals surface area contributed by atoms with E-state index < -0.39 is 0 Å². The van der Waals surface area contributed by atoms with Crippen LogP contribution in [0.25, 0.3) is 5.57 Å². The summed E-state index contributed by atoms with van der Waals surface area (Å²) in [4.78, 5) is 17.3. The summed E-state index contributed by atoms with van der Waals surface area (Å²) in [5.74, 6) is 0. The Morgan fingerprint density at radius 2 is 1.86 bits per heavy atom. The lowest BCUT2D eigenvalue weighted by atomic mass is 10.2. The highest BCUT2D eigenvalue weighted by Gasteiger charge is 1.97. The highest BCUT2D eigenvalue weighted by molar-refractivity contribution is 7.17. The molecule has 0 radical (unpaired) electrons. The number of hydrogen-bond acceptors (Lipinski definition) is 3. The summed E-state index contributed by atoms with van der Waals surface area (Å²) in [5.41, 5.74) is 1.29. The van der Waals surface area contributed by atoms with Crippen molar-refractivity contribution in [2.45, 2.75) is 13.8 Å². The average molecular weight is 233 g/mol. The van der Waals surface area contributed by atoms with Crippen molar-refractivity contribution in [1.82, 2.24) is 0 Å². The van der Waals surface area contributed by atoms with E-state index in [1.165, 1.54) is 10.5 Å². The first-order valence-corrected chi connectivity index (χ1v) is 4.90. The minimum Gasteiger partial charge on any atom is -0.307 e. The predicted octanol–water partition coefficient (Wildman–Crippen LogP) is 3.45. The van der Waals surface area contributed by atoms with Gasteiger partial charge in [-0.05, 0) is 31.6 Å². The number of allylic oxidation sites excluding steroid dienone is 2. The van der Waals surface area contributed by atoms with Gasteiger partial charge >= 0.3 is 0 Å². The van der Waals surface area contributed by atoms with Gasteiger partial charge in [-0.2, -0.15) is 0 Å². The highest BCUT2D eigenvalue weighted by Crippen LogP contribution is 2.26. The maximum absolute atomic E-state index is 8.00. The van der Waals surface area contributed by atoms with Crippen LogP contribution in [0.4, 0.5) is 0 Å². The van der Waals surface area contributed by atoms with Gasteiger partial charge in [0.1, 0.15) is 13.6 Å². The van der Waals surface area contributed by atoms with Gasteiger partial charge in [0.2, 0.25) is 0 Å². The Kier molecular flexibility index (Phi) is 11.3. The summed E-state index contributed by atoms with van der Waals surface area (Å²) in [6.45, 7) is 8.12. The number of carbonyl (C=O) groups is 2. The molecule has 0 amide bonds. The lowest BCUT2D eigenvalue weighted by molar-refractivity contribution is -0.0987. The van der Waals surface area contributed by atoms with Crippen LogP contribution < -0.4 is 0 Å². The van der Waals surface area contributed by atoms with Gasteiger partial charge < -0.3 is 9.59 Å². The van der Waals surface area contributed by atoms with Gasteiger partial charge in [0.25, 0.3) is 0 Å². The molecule has 1 heterocycles. The fourth-order valence-electron chi connectivity index (χ4n) is 0.668. The second-order valence-electron chi connectivity index (χ2n) is 2.08. The van der Waals surface area contributed by atoms with Gasteiger partial charge in [-0.3, -0.25) is 0 Å². The molecule has 0 aromatic carbocycles. The van der Waals surface area contributed by atoms with Gasteiger partial charge in [0, 0.05) is 4.88 Å². The highest BCUT2D eigenvalue weighted by atomic mass is 35.5.